The average Bonchev–Trinajstić information content (AvgIpc) is 3.17. The third-order valence-corrected chi connectivity index (χ3v) is 6.05. The number of halogens is 1. The number of carbonyl (C=O) groups excluding carboxylic acids is 2. The van der Waals surface area contributed by atoms with Crippen molar-refractivity contribution in [3.63, 3.8) is 0 Å². The average molecular weight is 491 g/mol. The Balaban J connectivity index is 1.31. The molecule has 1 aliphatic rings. The molecule has 0 radical (unpaired) electrons. The molecule has 0 spiro atoms. The first-order valence-corrected chi connectivity index (χ1v) is 11.3. The smallest absolute Gasteiger partial charge is 0.407 e. The van der Waals surface area contributed by atoms with Crippen LogP contribution in [0, 0.1) is 0 Å². The molecule has 0 bridgehead atoms. The van der Waals surface area contributed by atoms with Crippen molar-refractivity contribution in [2.24, 2.45) is 0 Å². The minimum atomic E-state index is -1.21. The maximum atomic E-state index is 12.4. The number of carbonyl (C=O) groups is 3. The number of alkyl carbamates (subject to hydrolysis) is 1. The van der Waals surface area contributed by atoms with E-state index in [1.807, 2.05) is 36.4 Å². The van der Waals surface area contributed by atoms with E-state index in [-0.39, 0.29) is 35.3 Å². The molecule has 0 aliphatic heterocycles. The number of aromatic carboxylic acids is 1. The zero-order valence-corrected chi connectivity index (χ0v) is 19.6. The first-order valence-electron chi connectivity index (χ1n) is 10.9. The summed E-state index contributed by atoms with van der Waals surface area (Å²) in [7, 11) is 0. The number of nitrogens with one attached hydrogen (secondary N) is 2. The van der Waals surface area contributed by atoms with Crippen molar-refractivity contribution in [2.75, 3.05) is 18.5 Å². The Bertz CT molecular complexity index is 1290. The van der Waals surface area contributed by atoms with Gasteiger partial charge in [-0.2, -0.15) is 0 Å². The van der Waals surface area contributed by atoms with Crippen LogP contribution >= 0.6 is 11.6 Å². The monoisotopic (exact) mass is 490 g/mol. The van der Waals surface area contributed by atoms with E-state index in [1.165, 1.54) is 24.3 Å². The number of hydrogen-bond acceptors (Lipinski definition) is 4. The summed E-state index contributed by atoms with van der Waals surface area (Å²) in [6.07, 6.45) is 0.926. The Labute approximate surface area is 207 Å². The molecule has 0 saturated heterocycles. The third kappa shape index (κ3) is 5.36. The number of benzene rings is 3. The van der Waals surface area contributed by atoms with E-state index in [2.05, 4.69) is 22.8 Å². The number of ether oxygens (including phenoxy) is 1. The van der Waals surface area contributed by atoms with Crippen LogP contribution in [0.5, 0.6) is 0 Å². The summed E-state index contributed by atoms with van der Waals surface area (Å²) in [5, 5.41) is 14.7. The summed E-state index contributed by atoms with van der Waals surface area (Å²) in [5.41, 5.74) is 4.85. The van der Waals surface area contributed by atoms with Crippen LogP contribution in [-0.2, 0) is 9.53 Å². The van der Waals surface area contributed by atoms with Gasteiger partial charge in [-0.1, -0.05) is 66.2 Å². The second-order valence-corrected chi connectivity index (χ2v) is 8.48. The molecule has 35 heavy (non-hydrogen) atoms. The number of carboxylic acid groups (broad SMARTS) is 1. The lowest BCUT2D eigenvalue weighted by molar-refractivity contribution is -0.112. The molecule has 0 aromatic heterocycles. The predicted octanol–water partition coefficient (Wildman–Crippen LogP) is 5.46. The largest absolute Gasteiger partial charge is 0.478 e. The van der Waals surface area contributed by atoms with Crippen molar-refractivity contribution < 1.29 is 24.2 Å². The molecule has 8 heteroatoms. The number of fused-ring (bicyclic) bond motifs is 3. The van der Waals surface area contributed by atoms with Crippen LogP contribution < -0.4 is 10.6 Å². The van der Waals surface area contributed by atoms with Gasteiger partial charge < -0.3 is 20.5 Å². The SMILES string of the molecule is C/C(=C\CNC(=O)OCC1c2ccccc2-c2ccccc21)C(=O)Nc1ccc(Cl)cc1C(=O)O. The molecule has 0 heterocycles. The van der Waals surface area contributed by atoms with E-state index >= 15 is 0 Å². The van der Waals surface area contributed by atoms with Gasteiger partial charge in [0.25, 0.3) is 5.91 Å². The fraction of sp³-hybridized carbons (Fsp3) is 0.148. The van der Waals surface area contributed by atoms with Crippen LogP contribution in [0.25, 0.3) is 11.1 Å². The molecule has 0 unspecified atom stereocenters. The number of hydrogen-bond donors (Lipinski definition) is 3. The zero-order chi connectivity index (χ0) is 24.9. The molecule has 3 N–H and O–H groups in total. The van der Waals surface area contributed by atoms with Gasteiger partial charge in [0.2, 0.25) is 0 Å². The minimum absolute atomic E-state index is 0.0426. The molecule has 7 nitrogen and oxygen atoms in total. The van der Waals surface area contributed by atoms with Gasteiger partial charge in [0.1, 0.15) is 6.61 Å². The topological polar surface area (TPSA) is 105 Å². The quantitative estimate of drug-likeness (QED) is 0.381. The molecule has 1 aliphatic carbocycles. The maximum Gasteiger partial charge on any atom is 0.407 e. The minimum Gasteiger partial charge on any atom is -0.478 e. The van der Waals surface area contributed by atoms with Gasteiger partial charge >= 0.3 is 12.1 Å². The van der Waals surface area contributed by atoms with Crippen molar-refractivity contribution in [1.82, 2.24) is 5.32 Å². The highest BCUT2D eigenvalue weighted by molar-refractivity contribution is 6.31. The number of amides is 2. The number of rotatable bonds is 7. The van der Waals surface area contributed by atoms with E-state index < -0.39 is 18.0 Å². The molecule has 3 aromatic carbocycles. The van der Waals surface area contributed by atoms with Gasteiger partial charge in [-0.3, -0.25) is 4.79 Å². The third-order valence-electron chi connectivity index (χ3n) is 5.82. The van der Waals surface area contributed by atoms with E-state index in [4.69, 9.17) is 16.3 Å². The zero-order valence-electron chi connectivity index (χ0n) is 18.9. The Morgan fingerprint density at radius 1 is 1.00 bits per heavy atom. The van der Waals surface area contributed by atoms with Crippen LogP contribution in [-0.4, -0.2) is 36.2 Å². The first kappa shape index (κ1) is 24.0. The summed E-state index contributed by atoms with van der Waals surface area (Å²) in [5.74, 6) is -1.75. The van der Waals surface area contributed by atoms with Crippen LogP contribution in [0.2, 0.25) is 5.02 Å². The van der Waals surface area contributed by atoms with Gasteiger partial charge in [-0.05, 0) is 47.4 Å². The molecule has 0 saturated carbocycles. The Morgan fingerprint density at radius 2 is 1.63 bits per heavy atom. The summed E-state index contributed by atoms with van der Waals surface area (Å²) in [6, 6.07) is 20.3. The van der Waals surface area contributed by atoms with E-state index in [0.29, 0.717) is 5.57 Å². The van der Waals surface area contributed by atoms with Gasteiger partial charge in [0.05, 0.1) is 11.3 Å². The van der Waals surface area contributed by atoms with Crippen molar-refractivity contribution in [3.05, 3.63) is 100 Å². The predicted molar refractivity (Wildman–Crippen MR) is 134 cm³/mol. The molecular weight excluding hydrogens is 468 g/mol. The summed E-state index contributed by atoms with van der Waals surface area (Å²) in [6.45, 7) is 1.82. The standard InChI is InChI=1S/C27H23ClN2O5/c1-16(25(31)30-24-11-10-17(28)14-22(24)26(32)33)12-13-29-27(34)35-15-23-20-8-4-2-6-18(20)19-7-3-5-9-21(19)23/h2-12,14,23H,13,15H2,1H3,(H,29,34)(H,30,31)(H,32,33)/b16-12+. The van der Waals surface area contributed by atoms with Crippen molar-refractivity contribution in [1.29, 1.82) is 0 Å². The summed E-state index contributed by atoms with van der Waals surface area (Å²) >= 11 is 5.84. The normalized spacial score (nSPS) is 12.5. The van der Waals surface area contributed by atoms with Crippen LogP contribution in [0.3, 0.4) is 0 Å². The molecule has 0 atom stereocenters. The van der Waals surface area contributed by atoms with Gasteiger partial charge in [-0.25, -0.2) is 9.59 Å². The van der Waals surface area contributed by atoms with Crippen LogP contribution in [0.1, 0.15) is 34.3 Å². The van der Waals surface area contributed by atoms with E-state index in [9.17, 15) is 19.5 Å². The fourth-order valence-corrected chi connectivity index (χ4v) is 4.23. The lowest BCUT2D eigenvalue weighted by Crippen LogP contribution is -2.27. The van der Waals surface area contributed by atoms with Crippen LogP contribution in [0.15, 0.2) is 78.4 Å². The summed E-state index contributed by atoms with van der Waals surface area (Å²) in [4.78, 5) is 36.1. The molecule has 3 aromatic rings. The van der Waals surface area contributed by atoms with Crippen molar-refractivity contribution in [2.45, 2.75) is 12.8 Å². The Morgan fingerprint density at radius 3 is 2.26 bits per heavy atom. The maximum absolute atomic E-state index is 12.4. The lowest BCUT2D eigenvalue weighted by Gasteiger charge is -2.14. The molecule has 4 rings (SSSR count). The van der Waals surface area contributed by atoms with Crippen molar-refractivity contribution in [3.8, 4) is 11.1 Å². The van der Waals surface area contributed by atoms with E-state index in [1.54, 1.807) is 6.92 Å². The Hall–Kier alpha value is -4.10. The fourth-order valence-electron chi connectivity index (χ4n) is 4.05. The number of carboxylic acids is 1. The highest BCUT2D eigenvalue weighted by Gasteiger charge is 2.28. The second kappa shape index (κ2) is 10.4. The summed E-state index contributed by atoms with van der Waals surface area (Å²) < 4.78 is 5.47. The van der Waals surface area contributed by atoms with Gasteiger partial charge in [0, 0.05) is 23.1 Å². The van der Waals surface area contributed by atoms with Crippen molar-refractivity contribution >= 4 is 35.3 Å². The molecule has 2 amide bonds. The lowest BCUT2D eigenvalue weighted by atomic mass is 9.98. The molecule has 178 valence electrons. The van der Waals surface area contributed by atoms with Crippen LogP contribution in [0.4, 0.5) is 10.5 Å². The first-order chi connectivity index (χ1) is 16.8. The van der Waals surface area contributed by atoms with Gasteiger partial charge in [-0.15, -0.1) is 0 Å². The molecular formula is C27H23ClN2O5. The second-order valence-electron chi connectivity index (χ2n) is 8.04. The highest BCUT2D eigenvalue weighted by Crippen LogP contribution is 2.44. The number of anilines is 1. The molecule has 0 fully saturated rings. The highest BCUT2D eigenvalue weighted by atomic mass is 35.5. The van der Waals surface area contributed by atoms with E-state index in [0.717, 1.165) is 22.3 Å². The Kier molecular flexibility index (Phi) is 7.17. The van der Waals surface area contributed by atoms with Gasteiger partial charge in [0.15, 0.2) is 0 Å².